The Morgan fingerprint density at radius 3 is 2.68 bits per heavy atom. The van der Waals surface area contributed by atoms with E-state index in [4.69, 9.17) is 0 Å². The summed E-state index contributed by atoms with van der Waals surface area (Å²) >= 11 is 0. The lowest BCUT2D eigenvalue weighted by atomic mass is 10.1. The summed E-state index contributed by atoms with van der Waals surface area (Å²) in [4.78, 5) is 11.8. The molecule has 1 amide bonds. The van der Waals surface area contributed by atoms with Gasteiger partial charge in [-0.2, -0.15) is 18.3 Å². The van der Waals surface area contributed by atoms with Crippen LogP contribution in [0.2, 0.25) is 0 Å². The Labute approximate surface area is 124 Å². The van der Waals surface area contributed by atoms with E-state index in [1.54, 1.807) is 0 Å². The van der Waals surface area contributed by atoms with Crippen LogP contribution in [0.15, 0.2) is 42.7 Å². The van der Waals surface area contributed by atoms with E-state index in [0.29, 0.717) is 5.69 Å². The fraction of sp³-hybridized carbons (Fsp3) is 0.286. The molecule has 0 aliphatic heterocycles. The van der Waals surface area contributed by atoms with Crippen molar-refractivity contribution in [1.29, 1.82) is 0 Å². The summed E-state index contributed by atoms with van der Waals surface area (Å²) in [5.41, 5.74) is 1.26. The van der Waals surface area contributed by atoms with Crippen molar-refractivity contribution in [3.63, 3.8) is 0 Å². The molecule has 0 saturated heterocycles. The predicted octanol–water partition coefficient (Wildman–Crippen LogP) is 2.60. The van der Waals surface area contributed by atoms with Crippen molar-refractivity contribution in [2.75, 3.05) is 11.9 Å². The van der Waals surface area contributed by atoms with E-state index in [9.17, 15) is 18.0 Å². The minimum atomic E-state index is -4.38. The standard InChI is InChI=1S/C14H14F3N3O2/c15-14(16,17)9-22-10-20-8-12(7-18-20)19-13(21)6-11-4-2-1-3-5-11/h1-5,7-8H,6,9-10H2,(H,19,21). The van der Waals surface area contributed by atoms with Gasteiger partial charge >= 0.3 is 6.18 Å². The number of alkyl halides is 3. The number of hydrogen-bond acceptors (Lipinski definition) is 3. The molecular weight excluding hydrogens is 299 g/mol. The van der Waals surface area contributed by atoms with E-state index >= 15 is 0 Å². The van der Waals surface area contributed by atoms with Crippen LogP contribution in [0.3, 0.4) is 0 Å². The number of ether oxygens (including phenoxy) is 1. The van der Waals surface area contributed by atoms with Gasteiger partial charge in [0.1, 0.15) is 13.3 Å². The smallest absolute Gasteiger partial charge is 0.350 e. The molecule has 0 radical (unpaired) electrons. The number of halogens is 3. The lowest BCUT2D eigenvalue weighted by molar-refractivity contribution is -0.182. The van der Waals surface area contributed by atoms with E-state index in [-0.39, 0.29) is 19.1 Å². The first kappa shape index (κ1) is 16.0. The van der Waals surface area contributed by atoms with Gasteiger partial charge in [-0.05, 0) is 5.56 Å². The Morgan fingerprint density at radius 2 is 2.00 bits per heavy atom. The fourth-order valence-electron chi connectivity index (χ4n) is 1.74. The normalized spacial score (nSPS) is 11.4. The van der Waals surface area contributed by atoms with Gasteiger partial charge in [0.15, 0.2) is 0 Å². The van der Waals surface area contributed by atoms with Gasteiger partial charge in [-0.3, -0.25) is 4.79 Å². The van der Waals surface area contributed by atoms with E-state index in [1.807, 2.05) is 30.3 Å². The molecule has 0 atom stereocenters. The second-order valence-electron chi connectivity index (χ2n) is 4.57. The highest BCUT2D eigenvalue weighted by Gasteiger charge is 2.27. The summed E-state index contributed by atoms with van der Waals surface area (Å²) in [6, 6.07) is 9.17. The van der Waals surface area contributed by atoms with Crippen LogP contribution >= 0.6 is 0 Å². The Morgan fingerprint density at radius 1 is 1.27 bits per heavy atom. The van der Waals surface area contributed by atoms with E-state index in [1.165, 1.54) is 17.1 Å². The number of benzene rings is 1. The molecule has 5 nitrogen and oxygen atoms in total. The molecule has 0 saturated carbocycles. The predicted molar refractivity (Wildman–Crippen MR) is 73.0 cm³/mol. The number of nitrogens with zero attached hydrogens (tertiary/aromatic N) is 2. The first-order valence-corrected chi connectivity index (χ1v) is 6.43. The minimum absolute atomic E-state index is 0.205. The van der Waals surface area contributed by atoms with Crippen LogP contribution in [0, 0.1) is 0 Å². The van der Waals surface area contributed by atoms with Crippen molar-refractivity contribution < 1.29 is 22.7 Å². The molecule has 8 heteroatoms. The van der Waals surface area contributed by atoms with E-state index < -0.39 is 12.8 Å². The van der Waals surface area contributed by atoms with E-state index in [2.05, 4.69) is 15.2 Å². The molecule has 0 spiro atoms. The maximum absolute atomic E-state index is 11.9. The highest BCUT2D eigenvalue weighted by atomic mass is 19.4. The molecule has 0 bridgehead atoms. The zero-order chi connectivity index (χ0) is 16.0. The second-order valence-corrected chi connectivity index (χ2v) is 4.57. The highest BCUT2D eigenvalue weighted by Crippen LogP contribution is 2.15. The van der Waals surface area contributed by atoms with Gasteiger partial charge in [-0.25, -0.2) is 4.68 Å². The Hall–Kier alpha value is -2.35. The number of carbonyl (C=O) groups excluding carboxylic acids is 1. The van der Waals surface area contributed by atoms with Crippen LogP contribution in [-0.2, 0) is 22.7 Å². The average Bonchev–Trinajstić information content (AvgIpc) is 2.85. The Bertz CT molecular complexity index is 611. The van der Waals surface area contributed by atoms with Crippen LogP contribution in [0.5, 0.6) is 0 Å². The van der Waals surface area contributed by atoms with Crippen molar-refractivity contribution in [1.82, 2.24) is 9.78 Å². The maximum Gasteiger partial charge on any atom is 0.411 e. The largest absolute Gasteiger partial charge is 0.411 e. The average molecular weight is 313 g/mol. The fourth-order valence-corrected chi connectivity index (χ4v) is 1.74. The van der Waals surface area contributed by atoms with Gasteiger partial charge in [-0.15, -0.1) is 0 Å². The van der Waals surface area contributed by atoms with Gasteiger partial charge in [0.05, 0.1) is 24.5 Å². The number of nitrogens with one attached hydrogen (secondary N) is 1. The van der Waals surface area contributed by atoms with Gasteiger partial charge in [0.2, 0.25) is 5.91 Å². The molecule has 0 unspecified atom stereocenters. The van der Waals surface area contributed by atoms with Crippen LogP contribution in [0.25, 0.3) is 0 Å². The molecule has 1 aromatic carbocycles. The third kappa shape index (κ3) is 5.57. The monoisotopic (exact) mass is 313 g/mol. The summed E-state index contributed by atoms with van der Waals surface area (Å²) in [7, 11) is 0. The summed E-state index contributed by atoms with van der Waals surface area (Å²) in [6.45, 7) is -1.68. The number of anilines is 1. The van der Waals surface area contributed by atoms with Crippen LogP contribution in [0.4, 0.5) is 18.9 Å². The molecule has 22 heavy (non-hydrogen) atoms. The number of rotatable bonds is 6. The summed E-state index contributed by atoms with van der Waals surface area (Å²) in [6.07, 6.45) is -1.42. The van der Waals surface area contributed by atoms with Crippen molar-refractivity contribution in [2.24, 2.45) is 0 Å². The molecule has 0 fully saturated rings. The number of hydrogen-bond donors (Lipinski definition) is 1. The van der Waals surface area contributed by atoms with E-state index in [0.717, 1.165) is 5.56 Å². The van der Waals surface area contributed by atoms with Crippen molar-refractivity contribution in [3.05, 3.63) is 48.3 Å². The molecule has 118 valence electrons. The molecule has 0 aliphatic rings. The first-order valence-electron chi connectivity index (χ1n) is 6.43. The molecule has 1 aromatic heterocycles. The second kappa shape index (κ2) is 7.08. The molecular formula is C14H14F3N3O2. The highest BCUT2D eigenvalue weighted by molar-refractivity contribution is 5.91. The number of aromatic nitrogens is 2. The summed E-state index contributed by atoms with van der Waals surface area (Å²) < 4.78 is 41.4. The summed E-state index contributed by atoms with van der Waals surface area (Å²) in [5, 5.41) is 6.42. The van der Waals surface area contributed by atoms with Crippen LogP contribution in [-0.4, -0.2) is 28.5 Å². The van der Waals surface area contributed by atoms with Crippen LogP contribution in [0.1, 0.15) is 5.56 Å². The minimum Gasteiger partial charge on any atom is -0.350 e. The number of amides is 1. The molecule has 1 heterocycles. The van der Waals surface area contributed by atoms with Crippen molar-refractivity contribution in [3.8, 4) is 0 Å². The SMILES string of the molecule is O=C(Cc1ccccc1)Nc1cnn(COCC(F)(F)F)c1. The lowest BCUT2D eigenvalue weighted by Gasteiger charge is -2.07. The Balaban J connectivity index is 1.80. The van der Waals surface area contributed by atoms with Crippen LogP contribution < -0.4 is 5.32 Å². The topological polar surface area (TPSA) is 56.2 Å². The first-order chi connectivity index (χ1) is 10.4. The quantitative estimate of drug-likeness (QED) is 0.892. The maximum atomic E-state index is 11.9. The van der Waals surface area contributed by atoms with Gasteiger partial charge in [0, 0.05) is 0 Å². The van der Waals surface area contributed by atoms with Crippen molar-refractivity contribution >= 4 is 11.6 Å². The molecule has 0 aliphatic carbocycles. The third-order valence-electron chi connectivity index (χ3n) is 2.61. The zero-order valence-electron chi connectivity index (χ0n) is 11.5. The zero-order valence-corrected chi connectivity index (χ0v) is 11.5. The van der Waals surface area contributed by atoms with Crippen molar-refractivity contribution in [2.45, 2.75) is 19.3 Å². The number of carbonyl (C=O) groups is 1. The molecule has 2 aromatic rings. The van der Waals surface area contributed by atoms with Gasteiger partial charge in [0.25, 0.3) is 0 Å². The lowest BCUT2D eigenvalue weighted by Crippen LogP contribution is -2.18. The summed E-state index contributed by atoms with van der Waals surface area (Å²) in [5.74, 6) is -0.234. The van der Waals surface area contributed by atoms with Gasteiger partial charge < -0.3 is 10.1 Å². The Kier molecular flexibility index (Phi) is 5.16. The molecule has 1 N–H and O–H groups in total. The van der Waals surface area contributed by atoms with Gasteiger partial charge in [-0.1, -0.05) is 30.3 Å². The third-order valence-corrected chi connectivity index (χ3v) is 2.61. The molecule has 2 rings (SSSR count).